The number of thiocarbonyl (C=S) groups is 1. The number of amides is 2. The zero-order valence-electron chi connectivity index (χ0n) is 13.4. The minimum absolute atomic E-state index is 0.179. The summed E-state index contributed by atoms with van der Waals surface area (Å²) < 4.78 is 51.0. The number of hydrogen-bond acceptors (Lipinski definition) is 3. The molecule has 0 unspecified atom stereocenters. The van der Waals surface area contributed by atoms with E-state index in [1.54, 1.807) is 0 Å². The summed E-state index contributed by atoms with van der Waals surface area (Å²) in [6.45, 7) is 0. The molecule has 0 aliphatic carbocycles. The standard InChI is InChI=1S/C18H10F4N2O2S/c19-12-5-7-13(8-6-12)24-16(26)14(15(25)23-17(24)27)9-10-1-3-11(4-2-10)18(20,21)22/h1-9H,(H,23,25,27)/b14-9-. The van der Waals surface area contributed by atoms with E-state index < -0.39 is 29.4 Å². The van der Waals surface area contributed by atoms with E-state index in [-0.39, 0.29) is 21.9 Å². The highest BCUT2D eigenvalue weighted by molar-refractivity contribution is 7.80. The minimum Gasteiger partial charge on any atom is -0.298 e. The van der Waals surface area contributed by atoms with Gasteiger partial charge in [-0.3, -0.25) is 19.8 Å². The molecule has 9 heteroatoms. The van der Waals surface area contributed by atoms with E-state index in [0.29, 0.717) is 0 Å². The van der Waals surface area contributed by atoms with Crippen LogP contribution in [0.3, 0.4) is 0 Å². The molecule has 138 valence electrons. The number of carbonyl (C=O) groups is 2. The van der Waals surface area contributed by atoms with E-state index in [1.165, 1.54) is 12.1 Å². The van der Waals surface area contributed by atoms with Crippen molar-refractivity contribution in [3.63, 3.8) is 0 Å². The lowest BCUT2D eigenvalue weighted by atomic mass is 10.1. The molecule has 1 aliphatic rings. The molecule has 0 spiro atoms. The van der Waals surface area contributed by atoms with Gasteiger partial charge in [-0.2, -0.15) is 13.2 Å². The molecule has 0 radical (unpaired) electrons. The maximum atomic E-state index is 13.1. The van der Waals surface area contributed by atoms with E-state index in [1.807, 2.05) is 0 Å². The van der Waals surface area contributed by atoms with E-state index in [4.69, 9.17) is 12.2 Å². The Labute approximate surface area is 156 Å². The molecule has 1 heterocycles. The van der Waals surface area contributed by atoms with Crippen molar-refractivity contribution in [2.45, 2.75) is 6.18 Å². The van der Waals surface area contributed by atoms with Gasteiger partial charge in [0.2, 0.25) is 0 Å². The van der Waals surface area contributed by atoms with Crippen LogP contribution in [-0.4, -0.2) is 16.9 Å². The van der Waals surface area contributed by atoms with Crippen LogP contribution in [0.1, 0.15) is 11.1 Å². The smallest absolute Gasteiger partial charge is 0.298 e. The Morgan fingerprint density at radius 3 is 2.11 bits per heavy atom. The second-order valence-electron chi connectivity index (χ2n) is 5.55. The summed E-state index contributed by atoms with van der Waals surface area (Å²) in [5, 5.41) is 2.15. The van der Waals surface area contributed by atoms with Gasteiger partial charge in [0.1, 0.15) is 11.4 Å². The van der Waals surface area contributed by atoms with Crippen molar-refractivity contribution < 1.29 is 27.2 Å². The molecule has 1 N–H and O–H groups in total. The predicted molar refractivity (Wildman–Crippen MR) is 94.0 cm³/mol. The fourth-order valence-corrected chi connectivity index (χ4v) is 2.70. The highest BCUT2D eigenvalue weighted by atomic mass is 32.1. The largest absolute Gasteiger partial charge is 0.416 e. The van der Waals surface area contributed by atoms with Crippen molar-refractivity contribution in [2.75, 3.05) is 4.90 Å². The lowest BCUT2D eigenvalue weighted by Gasteiger charge is -2.28. The van der Waals surface area contributed by atoms with Crippen molar-refractivity contribution in [1.29, 1.82) is 0 Å². The number of nitrogens with one attached hydrogen (secondary N) is 1. The van der Waals surface area contributed by atoms with Crippen LogP contribution in [-0.2, 0) is 15.8 Å². The van der Waals surface area contributed by atoms with Gasteiger partial charge < -0.3 is 0 Å². The monoisotopic (exact) mass is 394 g/mol. The number of alkyl halides is 3. The molecule has 4 nitrogen and oxygen atoms in total. The van der Waals surface area contributed by atoms with Crippen molar-refractivity contribution in [3.05, 3.63) is 71.0 Å². The van der Waals surface area contributed by atoms with Crippen LogP contribution >= 0.6 is 12.2 Å². The molecule has 0 aromatic heterocycles. The zero-order chi connectivity index (χ0) is 19.8. The van der Waals surface area contributed by atoms with Gasteiger partial charge in [-0.25, -0.2) is 4.39 Å². The first-order chi connectivity index (χ1) is 12.7. The van der Waals surface area contributed by atoms with Crippen molar-refractivity contribution in [1.82, 2.24) is 5.32 Å². The summed E-state index contributed by atoms with van der Waals surface area (Å²) in [6, 6.07) is 8.86. The van der Waals surface area contributed by atoms with Crippen LogP contribution in [0.15, 0.2) is 54.1 Å². The summed E-state index contributed by atoms with van der Waals surface area (Å²) in [7, 11) is 0. The first kappa shape index (κ1) is 18.7. The quantitative estimate of drug-likeness (QED) is 0.366. The maximum Gasteiger partial charge on any atom is 0.416 e. The number of nitrogens with zero attached hydrogens (tertiary/aromatic N) is 1. The lowest BCUT2D eigenvalue weighted by Crippen LogP contribution is -2.54. The van der Waals surface area contributed by atoms with E-state index in [9.17, 15) is 27.2 Å². The van der Waals surface area contributed by atoms with Gasteiger partial charge in [-0.1, -0.05) is 12.1 Å². The fourth-order valence-electron chi connectivity index (χ4n) is 2.42. The number of rotatable bonds is 2. The van der Waals surface area contributed by atoms with E-state index in [0.717, 1.165) is 47.4 Å². The highest BCUT2D eigenvalue weighted by Gasteiger charge is 2.34. The third-order valence-electron chi connectivity index (χ3n) is 3.74. The average Bonchev–Trinajstić information content (AvgIpc) is 2.60. The summed E-state index contributed by atoms with van der Waals surface area (Å²) in [5.74, 6) is -2.06. The average molecular weight is 394 g/mol. The number of halogens is 4. The number of benzene rings is 2. The number of hydrogen-bond donors (Lipinski definition) is 1. The van der Waals surface area contributed by atoms with Gasteiger partial charge in [0.05, 0.1) is 11.3 Å². The van der Waals surface area contributed by atoms with Gasteiger partial charge in [0.25, 0.3) is 11.8 Å². The van der Waals surface area contributed by atoms with Gasteiger partial charge >= 0.3 is 6.18 Å². The Morgan fingerprint density at radius 2 is 1.56 bits per heavy atom. The predicted octanol–water partition coefficient (Wildman–Crippen LogP) is 3.68. The second kappa shape index (κ2) is 6.92. The fraction of sp³-hybridized carbons (Fsp3) is 0.0556. The highest BCUT2D eigenvalue weighted by Crippen LogP contribution is 2.29. The zero-order valence-corrected chi connectivity index (χ0v) is 14.2. The molecule has 2 aromatic carbocycles. The van der Waals surface area contributed by atoms with Crippen LogP contribution in [0, 0.1) is 5.82 Å². The third-order valence-corrected chi connectivity index (χ3v) is 4.02. The Morgan fingerprint density at radius 1 is 0.963 bits per heavy atom. The Bertz CT molecular complexity index is 951. The normalized spacial score (nSPS) is 16.7. The van der Waals surface area contributed by atoms with Gasteiger partial charge in [0.15, 0.2) is 5.11 Å². The molecule has 2 amide bonds. The van der Waals surface area contributed by atoms with E-state index >= 15 is 0 Å². The van der Waals surface area contributed by atoms with Crippen LogP contribution in [0.25, 0.3) is 6.08 Å². The Balaban J connectivity index is 1.95. The van der Waals surface area contributed by atoms with Gasteiger partial charge in [-0.05, 0) is 60.3 Å². The molecule has 2 aromatic rings. The SMILES string of the molecule is O=C1NC(=S)N(c2ccc(F)cc2)C(=O)/C1=C\c1ccc(C(F)(F)F)cc1. The molecular formula is C18H10F4N2O2S. The van der Waals surface area contributed by atoms with Gasteiger partial charge in [-0.15, -0.1) is 0 Å². The third kappa shape index (κ3) is 3.87. The van der Waals surface area contributed by atoms with E-state index in [2.05, 4.69) is 5.32 Å². The molecule has 1 aliphatic heterocycles. The molecular weight excluding hydrogens is 384 g/mol. The second-order valence-corrected chi connectivity index (χ2v) is 5.94. The van der Waals surface area contributed by atoms with Crippen LogP contribution < -0.4 is 10.2 Å². The molecule has 27 heavy (non-hydrogen) atoms. The maximum absolute atomic E-state index is 13.1. The molecule has 3 rings (SSSR count). The molecule has 0 saturated carbocycles. The molecule has 1 saturated heterocycles. The van der Waals surface area contributed by atoms with Crippen molar-refractivity contribution in [2.24, 2.45) is 0 Å². The molecule has 0 bridgehead atoms. The lowest BCUT2D eigenvalue weighted by molar-refractivity contribution is -0.137. The first-order valence-corrected chi connectivity index (χ1v) is 7.92. The number of anilines is 1. The van der Waals surface area contributed by atoms with Crippen molar-refractivity contribution in [3.8, 4) is 0 Å². The molecule has 1 fully saturated rings. The Hall–Kier alpha value is -3.07. The summed E-state index contributed by atoms with van der Waals surface area (Å²) in [5.41, 5.74) is -0.691. The molecule has 0 atom stereocenters. The summed E-state index contributed by atoms with van der Waals surface area (Å²) in [6.07, 6.45) is -3.33. The topological polar surface area (TPSA) is 49.4 Å². The minimum atomic E-state index is -4.49. The van der Waals surface area contributed by atoms with Crippen LogP contribution in [0.2, 0.25) is 0 Å². The first-order valence-electron chi connectivity index (χ1n) is 7.51. The van der Waals surface area contributed by atoms with Gasteiger partial charge in [0, 0.05) is 0 Å². The van der Waals surface area contributed by atoms with Crippen molar-refractivity contribution >= 4 is 40.9 Å². The summed E-state index contributed by atoms with van der Waals surface area (Å²) >= 11 is 5.00. The number of carbonyl (C=O) groups excluding carboxylic acids is 2. The summed E-state index contributed by atoms with van der Waals surface area (Å²) in [4.78, 5) is 25.8. The van der Waals surface area contributed by atoms with Crippen LogP contribution in [0.4, 0.5) is 23.2 Å². The van der Waals surface area contributed by atoms with Crippen LogP contribution in [0.5, 0.6) is 0 Å². The Kier molecular flexibility index (Phi) is 4.79.